The zero-order valence-electron chi connectivity index (χ0n) is 12.6. The highest BCUT2D eigenvalue weighted by molar-refractivity contribution is 5.58. The van der Waals surface area contributed by atoms with E-state index in [-0.39, 0.29) is 0 Å². The summed E-state index contributed by atoms with van der Waals surface area (Å²) < 4.78 is 31.1. The lowest BCUT2D eigenvalue weighted by Crippen LogP contribution is -2.15. The number of rotatable bonds is 6. The number of alkyl halides is 2. The van der Waals surface area contributed by atoms with Crippen molar-refractivity contribution in [1.82, 2.24) is 14.8 Å². The summed E-state index contributed by atoms with van der Waals surface area (Å²) in [7, 11) is 0. The van der Waals surface area contributed by atoms with E-state index in [4.69, 9.17) is 0 Å². The summed E-state index contributed by atoms with van der Waals surface area (Å²) in [6, 6.07) is 3.74. The van der Waals surface area contributed by atoms with Crippen LogP contribution in [0.2, 0.25) is 0 Å². The molecule has 0 bridgehead atoms. The Morgan fingerprint density at radius 3 is 2.96 bits per heavy atom. The molecule has 1 aliphatic rings. The Balaban J connectivity index is 1.75. The Kier molecular flexibility index (Phi) is 4.54. The number of fused-ring (bicyclic) bond motifs is 1. The lowest BCUT2D eigenvalue weighted by atomic mass is 10.2. The van der Waals surface area contributed by atoms with Crippen LogP contribution in [0.4, 0.5) is 20.2 Å². The highest BCUT2D eigenvalue weighted by Crippen LogP contribution is 2.31. The van der Waals surface area contributed by atoms with Crippen molar-refractivity contribution >= 4 is 11.4 Å². The van der Waals surface area contributed by atoms with Gasteiger partial charge in [-0.15, -0.1) is 10.2 Å². The van der Waals surface area contributed by atoms with Gasteiger partial charge in [0.15, 0.2) is 5.82 Å². The van der Waals surface area contributed by atoms with Gasteiger partial charge in [0.25, 0.3) is 0 Å². The van der Waals surface area contributed by atoms with Crippen molar-refractivity contribution < 1.29 is 18.4 Å². The van der Waals surface area contributed by atoms with Gasteiger partial charge in [-0.1, -0.05) is 0 Å². The number of nitro benzene ring substituents is 1. The number of ether oxygens (including phenoxy) is 1. The lowest BCUT2D eigenvalue weighted by Gasteiger charge is -2.15. The molecular weight excluding hydrogens is 324 g/mol. The second-order valence-corrected chi connectivity index (χ2v) is 5.31. The van der Waals surface area contributed by atoms with Crippen LogP contribution in [0.15, 0.2) is 18.2 Å². The highest BCUT2D eigenvalue weighted by Gasteiger charge is 2.20. The van der Waals surface area contributed by atoms with Crippen molar-refractivity contribution in [3.8, 4) is 5.75 Å². The van der Waals surface area contributed by atoms with Crippen LogP contribution in [0.3, 0.4) is 0 Å². The Morgan fingerprint density at radius 1 is 1.38 bits per heavy atom. The SMILES string of the molecule is O=[N+]([O-])c1ccc(NCc2nnc3n2CCCC3)cc1OC(F)F. The van der Waals surface area contributed by atoms with E-state index < -0.39 is 23.0 Å². The van der Waals surface area contributed by atoms with Crippen LogP contribution < -0.4 is 10.1 Å². The van der Waals surface area contributed by atoms with E-state index in [0.29, 0.717) is 12.2 Å². The highest BCUT2D eigenvalue weighted by atomic mass is 19.3. The third-order valence-electron chi connectivity index (χ3n) is 3.76. The number of anilines is 1. The number of benzene rings is 1. The fourth-order valence-electron chi connectivity index (χ4n) is 2.65. The molecule has 3 rings (SSSR count). The molecule has 0 fully saturated rings. The van der Waals surface area contributed by atoms with Gasteiger partial charge in [0.2, 0.25) is 5.75 Å². The van der Waals surface area contributed by atoms with E-state index in [1.807, 2.05) is 4.57 Å². The third kappa shape index (κ3) is 3.42. The topological polar surface area (TPSA) is 95.1 Å². The summed E-state index contributed by atoms with van der Waals surface area (Å²) in [5, 5.41) is 22.1. The maximum atomic E-state index is 12.4. The number of nitrogens with one attached hydrogen (secondary N) is 1. The van der Waals surface area contributed by atoms with E-state index in [2.05, 4.69) is 20.3 Å². The molecule has 24 heavy (non-hydrogen) atoms. The summed E-state index contributed by atoms with van der Waals surface area (Å²) in [6.45, 7) is -1.96. The van der Waals surface area contributed by atoms with E-state index in [0.717, 1.165) is 43.5 Å². The van der Waals surface area contributed by atoms with E-state index in [9.17, 15) is 18.9 Å². The molecule has 1 N–H and O–H groups in total. The Morgan fingerprint density at radius 2 is 2.21 bits per heavy atom. The predicted octanol–water partition coefficient (Wildman–Crippen LogP) is 2.74. The second-order valence-electron chi connectivity index (χ2n) is 5.31. The summed E-state index contributed by atoms with van der Waals surface area (Å²) in [5.74, 6) is 1.19. The molecule has 0 radical (unpaired) electrons. The molecular formula is C14H15F2N5O3. The number of nitrogens with zero attached hydrogens (tertiary/aromatic N) is 4. The maximum absolute atomic E-state index is 12.4. The predicted molar refractivity (Wildman–Crippen MR) is 80.0 cm³/mol. The van der Waals surface area contributed by atoms with E-state index in [1.54, 1.807) is 0 Å². The number of aryl methyl sites for hydroxylation is 1. The molecule has 8 nitrogen and oxygen atoms in total. The van der Waals surface area contributed by atoms with Gasteiger partial charge in [-0.05, 0) is 18.9 Å². The van der Waals surface area contributed by atoms with Crippen molar-refractivity contribution in [3.63, 3.8) is 0 Å². The minimum absolute atomic E-state index is 0.332. The van der Waals surface area contributed by atoms with Gasteiger partial charge >= 0.3 is 12.3 Å². The quantitative estimate of drug-likeness (QED) is 0.642. The average molecular weight is 339 g/mol. The second kappa shape index (κ2) is 6.77. The average Bonchev–Trinajstić information content (AvgIpc) is 2.95. The first kappa shape index (κ1) is 16.1. The number of halogens is 2. The zero-order valence-corrected chi connectivity index (χ0v) is 12.6. The van der Waals surface area contributed by atoms with Gasteiger partial charge in [0.1, 0.15) is 5.82 Å². The Labute approximate surface area is 135 Å². The summed E-state index contributed by atoms with van der Waals surface area (Å²) in [5.41, 5.74) is -0.0925. The van der Waals surface area contributed by atoms with Gasteiger partial charge in [0, 0.05) is 30.8 Å². The van der Waals surface area contributed by atoms with Crippen LogP contribution >= 0.6 is 0 Å². The first-order valence-corrected chi connectivity index (χ1v) is 7.42. The molecule has 2 heterocycles. The van der Waals surface area contributed by atoms with Crippen LogP contribution in [-0.2, 0) is 19.5 Å². The van der Waals surface area contributed by atoms with Crippen LogP contribution in [0.25, 0.3) is 0 Å². The third-order valence-corrected chi connectivity index (χ3v) is 3.76. The smallest absolute Gasteiger partial charge is 0.387 e. The first-order chi connectivity index (χ1) is 11.5. The maximum Gasteiger partial charge on any atom is 0.387 e. The molecule has 0 saturated carbocycles. The number of aromatic nitrogens is 3. The Bertz CT molecular complexity index is 750. The van der Waals surface area contributed by atoms with Crippen molar-refractivity contribution in [2.75, 3.05) is 5.32 Å². The minimum Gasteiger partial charge on any atom is -0.427 e. The van der Waals surface area contributed by atoms with Gasteiger partial charge in [-0.2, -0.15) is 8.78 Å². The molecule has 1 aromatic heterocycles. The van der Waals surface area contributed by atoms with Gasteiger partial charge in [-0.3, -0.25) is 10.1 Å². The van der Waals surface area contributed by atoms with E-state index >= 15 is 0 Å². The standard InChI is InChI=1S/C14H15F2N5O3/c15-14(16)24-11-7-9(4-5-10(11)21(22)23)17-8-13-19-18-12-3-1-2-6-20(12)13/h4-5,7,14,17H,1-3,6,8H2. The van der Waals surface area contributed by atoms with Crippen LogP contribution in [0, 0.1) is 10.1 Å². The summed E-state index contributed by atoms with van der Waals surface area (Å²) in [6.07, 6.45) is 3.03. The van der Waals surface area contributed by atoms with Crippen LogP contribution in [0.5, 0.6) is 5.75 Å². The monoisotopic (exact) mass is 339 g/mol. The summed E-state index contributed by atoms with van der Waals surface area (Å²) in [4.78, 5) is 10.1. The number of hydrogen-bond acceptors (Lipinski definition) is 6. The molecule has 0 unspecified atom stereocenters. The molecule has 10 heteroatoms. The van der Waals surface area contributed by atoms with E-state index in [1.165, 1.54) is 12.1 Å². The lowest BCUT2D eigenvalue weighted by molar-refractivity contribution is -0.386. The fourth-order valence-corrected chi connectivity index (χ4v) is 2.65. The van der Waals surface area contributed by atoms with Crippen molar-refractivity contribution in [3.05, 3.63) is 40.0 Å². The van der Waals surface area contributed by atoms with Crippen molar-refractivity contribution in [2.45, 2.75) is 39.0 Å². The summed E-state index contributed by atoms with van der Waals surface area (Å²) >= 11 is 0. The van der Waals surface area contributed by atoms with Gasteiger partial charge < -0.3 is 14.6 Å². The molecule has 0 atom stereocenters. The Hall–Kier alpha value is -2.78. The number of nitro groups is 1. The zero-order chi connectivity index (χ0) is 17.1. The minimum atomic E-state index is -3.14. The van der Waals surface area contributed by atoms with Crippen molar-refractivity contribution in [1.29, 1.82) is 0 Å². The largest absolute Gasteiger partial charge is 0.427 e. The van der Waals surface area contributed by atoms with Crippen LogP contribution in [0.1, 0.15) is 24.5 Å². The van der Waals surface area contributed by atoms with Gasteiger partial charge in [-0.25, -0.2) is 0 Å². The normalized spacial score (nSPS) is 13.6. The van der Waals surface area contributed by atoms with Crippen molar-refractivity contribution in [2.24, 2.45) is 0 Å². The molecule has 0 aliphatic carbocycles. The molecule has 1 aliphatic heterocycles. The molecule has 0 amide bonds. The molecule has 0 saturated heterocycles. The van der Waals surface area contributed by atoms with Gasteiger partial charge in [0.05, 0.1) is 11.5 Å². The molecule has 128 valence electrons. The fraction of sp³-hybridized carbons (Fsp3) is 0.429. The molecule has 2 aromatic rings. The number of hydrogen-bond donors (Lipinski definition) is 1. The first-order valence-electron chi connectivity index (χ1n) is 7.42. The molecule has 1 aromatic carbocycles. The molecule has 0 spiro atoms. The van der Waals surface area contributed by atoms with Crippen LogP contribution in [-0.4, -0.2) is 26.3 Å².